The molecule has 0 bridgehead atoms. The predicted octanol–water partition coefficient (Wildman–Crippen LogP) is 2.18. The van der Waals surface area contributed by atoms with Crippen LogP contribution in [0.25, 0.3) is 0 Å². The number of carbonyl (C=O) groups excluding carboxylic acids is 1. The Kier molecular flexibility index (Phi) is 4.17. The molecule has 0 aliphatic heterocycles. The fourth-order valence-electron chi connectivity index (χ4n) is 2.28. The number of amides is 1. The minimum absolute atomic E-state index is 0.0104. The normalized spacial score (nSPS) is 18.3. The van der Waals surface area contributed by atoms with Gasteiger partial charge >= 0.3 is 5.97 Å². The van der Waals surface area contributed by atoms with Crippen molar-refractivity contribution >= 4 is 11.9 Å². The third-order valence-corrected chi connectivity index (χ3v) is 4.40. The first-order chi connectivity index (χ1) is 7.90. The van der Waals surface area contributed by atoms with E-state index in [1.807, 2.05) is 20.8 Å². The first kappa shape index (κ1) is 14.0. The van der Waals surface area contributed by atoms with Crippen LogP contribution in [0.1, 0.15) is 52.9 Å². The molecule has 4 heteroatoms. The minimum Gasteiger partial charge on any atom is -0.481 e. The van der Waals surface area contributed by atoms with Crippen LogP contribution in [0.4, 0.5) is 0 Å². The summed E-state index contributed by atoms with van der Waals surface area (Å²) >= 11 is 0. The Bertz CT molecular complexity index is 304. The van der Waals surface area contributed by atoms with E-state index in [-0.39, 0.29) is 17.9 Å². The van der Waals surface area contributed by atoms with Gasteiger partial charge in [-0.05, 0) is 25.7 Å². The molecule has 0 atom stereocenters. The second kappa shape index (κ2) is 5.07. The lowest BCUT2D eigenvalue weighted by Crippen LogP contribution is -2.49. The molecule has 98 valence electrons. The number of carbonyl (C=O) groups is 2. The van der Waals surface area contributed by atoms with E-state index in [0.29, 0.717) is 12.8 Å². The molecule has 0 heterocycles. The summed E-state index contributed by atoms with van der Waals surface area (Å²) in [4.78, 5) is 23.2. The summed E-state index contributed by atoms with van der Waals surface area (Å²) in [7, 11) is 0. The van der Waals surface area contributed by atoms with Crippen molar-refractivity contribution in [3.8, 4) is 0 Å². The maximum Gasteiger partial charge on any atom is 0.311 e. The van der Waals surface area contributed by atoms with Gasteiger partial charge in [0, 0.05) is 12.0 Å². The second-order valence-electron chi connectivity index (χ2n) is 5.39. The highest BCUT2D eigenvalue weighted by Gasteiger charge is 2.41. The third kappa shape index (κ3) is 2.61. The van der Waals surface area contributed by atoms with E-state index in [1.165, 1.54) is 0 Å². The van der Waals surface area contributed by atoms with E-state index in [1.54, 1.807) is 0 Å². The molecule has 1 fully saturated rings. The molecule has 0 aromatic rings. The zero-order valence-corrected chi connectivity index (χ0v) is 11.0. The highest BCUT2D eigenvalue weighted by molar-refractivity contribution is 5.84. The topological polar surface area (TPSA) is 66.4 Å². The Morgan fingerprint density at radius 3 is 2.12 bits per heavy atom. The highest BCUT2D eigenvalue weighted by Crippen LogP contribution is 2.40. The molecule has 1 aliphatic carbocycles. The molecule has 0 radical (unpaired) electrons. The van der Waals surface area contributed by atoms with Gasteiger partial charge in [0.1, 0.15) is 0 Å². The summed E-state index contributed by atoms with van der Waals surface area (Å²) in [6, 6.07) is 0. The molecule has 0 aromatic carbocycles. The van der Waals surface area contributed by atoms with Gasteiger partial charge in [0.15, 0.2) is 0 Å². The molecule has 2 N–H and O–H groups in total. The second-order valence-corrected chi connectivity index (χ2v) is 5.39. The average molecular weight is 241 g/mol. The quantitative estimate of drug-likeness (QED) is 0.749. The van der Waals surface area contributed by atoms with Crippen LogP contribution in [-0.4, -0.2) is 23.5 Å². The fourth-order valence-corrected chi connectivity index (χ4v) is 2.28. The first-order valence-corrected chi connectivity index (χ1v) is 6.42. The zero-order valence-electron chi connectivity index (χ0n) is 11.0. The Balaban J connectivity index is 2.58. The molecular formula is C13H23NO3. The average Bonchev–Trinajstić information content (AvgIpc) is 2.27. The lowest BCUT2D eigenvalue weighted by atomic mass is 9.69. The van der Waals surface area contributed by atoms with Crippen LogP contribution in [-0.2, 0) is 9.59 Å². The summed E-state index contributed by atoms with van der Waals surface area (Å²) in [6.07, 6.45) is 4.00. The van der Waals surface area contributed by atoms with Gasteiger partial charge in [-0.3, -0.25) is 9.59 Å². The van der Waals surface area contributed by atoms with Gasteiger partial charge in [-0.15, -0.1) is 0 Å². The maximum absolute atomic E-state index is 11.9. The lowest BCUT2D eigenvalue weighted by Gasteiger charge is -2.38. The lowest BCUT2D eigenvalue weighted by molar-refractivity contribution is -0.150. The number of nitrogens with one attached hydrogen (secondary N) is 1. The molecule has 1 rings (SSSR count). The van der Waals surface area contributed by atoms with Gasteiger partial charge in [-0.25, -0.2) is 0 Å². The summed E-state index contributed by atoms with van der Waals surface area (Å²) in [6.45, 7) is 5.90. The minimum atomic E-state index is -0.818. The third-order valence-electron chi connectivity index (χ3n) is 4.40. The van der Waals surface area contributed by atoms with Crippen LogP contribution >= 0.6 is 0 Å². The number of carboxylic acid groups (broad SMARTS) is 1. The Morgan fingerprint density at radius 1 is 1.29 bits per heavy atom. The van der Waals surface area contributed by atoms with Crippen LogP contribution in [0.2, 0.25) is 0 Å². The molecule has 1 aliphatic rings. The first-order valence-electron chi connectivity index (χ1n) is 6.42. The number of rotatable bonds is 6. The van der Waals surface area contributed by atoms with E-state index in [9.17, 15) is 14.7 Å². The van der Waals surface area contributed by atoms with Crippen molar-refractivity contribution < 1.29 is 14.7 Å². The highest BCUT2D eigenvalue weighted by atomic mass is 16.4. The molecule has 1 amide bonds. The van der Waals surface area contributed by atoms with Crippen molar-refractivity contribution in [1.29, 1.82) is 0 Å². The van der Waals surface area contributed by atoms with Gasteiger partial charge in [-0.1, -0.05) is 27.2 Å². The van der Waals surface area contributed by atoms with Crippen molar-refractivity contribution in [3.63, 3.8) is 0 Å². The van der Waals surface area contributed by atoms with Crippen LogP contribution in [0.5, 0.6) is 0 Å². The summed E-state index contributed by atoms with van der Waals surface area (Å²) in [5.74, 6) is -0.808. The Labute approximate surface area is 103 Å². The van der Waals surface area contributed by atoms with Gasteiger partial charge in [0.2, 0.25) is 5.91 Å². The standard InChI is InChI=1S/C13H23NO3/c1-4-13(5-2,11(16)17)9-14-10(15)12(3)7-6-8-12/h4-9H2,1-3H3,(H,14,15)(H,16,17). The van der Waals surface area contributed by atoms with Crippen molar-refractivity contribution in [3.05, 3.63) is 0 Å². The van der Waals surface area contributed by atoms with Crippen LogP contribution in [0.15, 0.2) is 0 Å². The number of aliphatic carboxylic acids is 1. The summed E-state index contributed by atoms with van der Waals surface area (Å²) in [5, 5.41) is 12.1. The van der Waals surface area contributed by atoms with E-state index >= 15 is 0 Å². The number of hydrogen-bond acceptors (Lipinski definition) is 2. The number of hydrogen-bond donors (Lipinski definition) is 2. The molecule has 0 aromatic heterocycles. The number of carboxylic acids is 1. The smallest absolute Gasteiger partial charge is 0.311 e. The van der Waals surface area contributed by atoms with E-state index in [0.717, 1.165) is 19.3 Å². The maximum atomic E-state index is 11.9. The molecule has 0 spiro atoms. The largest absolute Gasteiger partial charge is 0.481 e. The monoisotopic (exact) mass is 241 g/mol. The molecule has 0 saturated heterocycles. The summed E-state index contributed by atoms with van der Waals surface area (Å²) in [5.41, 5.74) is -1.07. The Hall–Kier alpha value is -1.06. The van der Waals surface area contributed by atoms with Gasteiger partial charge in [-0.2, -0.15) is 0 Å². The van der Waals surface area contributed by atoms with Crippen LogP contribution in [0.3, 0.4) is 0 Å². The molecule has 4 nitrogen and oxygen atoms in total. The molecule has 0 unspecified atom stereocenters. The van der Waals surface area contributed by atoms with E-state index in [2.05, 4.69) is 5.32 Å². The summed E-state index contributed by atoms with van der Waals surface area (Å²) < 4.78 is 0. The Morgan fingerprint density at radius 2 is 1.82 bits per heavy atom. The van der Waals surface area contributed by atoms with Crippen molar-refractivity contribution in [2.75, 3.05) is 6.54 Å². The van der Waals surface area contributed by atoms with Crippen molar-refractivity contribution in [1.82, 2.24) is 5.32 Å². The van der Waals surface area contributed by atoms with E-state index < -0.39 is 11.4 Å². The molecule has 1 saturated carbocycles. The van der Waals surface area contributed by atoms with Gasteiger partial charge < -0.3 is 10.4 Å². The fraction of sp³-hybridized carbons (Fsp3) is 0.846. The molecular weight excluding hydrogens is 218 g/mol. The SMILES string of the molecule is CCC(CC)(CNC(=O)C1(C)CCC1)C(=O)O. The van der Waals surface area contributed by atoms with Crippen molar-refractivity contribution in [2.45, 2.75) is 52.9 Å². The van der Waals surface area contributed by atoms with E-state index in [4.69, 9.17) is 0 Å². The zero-order chi connectivity index (χ0) is 13.1. The van der Waals surface area contributed by atoms with Crippen LogP contribution in [0, 0.1) is 10.8 Å². The van der Waals surface area contributed by atoms with Gasteiger partial charge in [0.05, 0.1) is 5.41 Å². The molecule has 17 heavy (non-hydrogen) atoms. The van der Waals surface area contributed by atoms with Crippen molar-refractivity contribution in [2.24, 2.45) is 10.8 Å². The van der Waals surface area contributed by atoms with Crippen LogP contribution < -0.4 is 5.32 Å². The van der Waals surface area contributed by atoms with Gasteiger partial charge in [0.25, 0.3) is 0 Å². The predicted molar refractivity (Wildman–Crippen MR) is 65.6 cm³/mol.